The first kappa shape index (κ1) is 14.9. The highest BCUT2D eigenvalue weighted by Crippen LogP contribution is 2.16. The molecule has 1 rings (SSSR count). The summed E-state index contributed by atoms with van der Waals surface area (Å²) in [6.45, 7) is 4.71. The Labute approximate surface area is 114 Å². The van der Waals surface area contributed by atoms with Gasteiger partial charge in [-0.1, -0.05) is 19.1 Å². The molecule has 0 saturated heterocycles. The second-order valence-electron chi connectivity index (χ2n) is 4.47. The molecule has 1 aromatic rings. The number of amides is 2. The van der Waals surface area contributed by atoms with Crippen LogP contribution in [-0.2, 0) is 6.54 Å². The van der Waals surface area contributed by atoms with Crippen molar-refractivity contribution in [1.29, 1.82) is 0 Å². The van der Waals surface area contributed by atoms with Crippen LogP contribution in [0.25, 0.3) is 0 Å². The largest absolute Gasteiger partial charge is 0.336 e. The zero-order valence-electron chi connectivity index (χ0n) is 11.6. The molecule has 0 spiro atoms. The lowest BCUT2D eigenvalue weighted by Gasteiger charge is -2.21. The zero-order valence-corrected chi connectivity index (χ0v) is 12.4. The Balaban J connectivity index is 2.57. The quantitative estimate of drug-likeness (QED) is 0.829. The number of carbonyl (C=O) groups excluding carboxylic acids is 1. The van der Waals surface area contributed by atoms with E-state index in [9.17, 15) is 4.79 Å². The molecule has 1 N–H and O–H groups in total. The Morgan fingerprint density at radius 3 is 2.83 bits per heavy atom. The molecule has 0 aromatic heterocycles. The third-order valence-corrected chi connectivity index (χ3v) is 3.61. The fourth-order valence-corrected chi connectivity index (χ4v) is 2.02. The summed E-state index contributed by atoms with van der Waals surface area (Å²) in [5, 5.41) is 2.96. The van der Waals surface area contributed by atoms with Gasteiger partial charge < -0.3 is 10.2 Å². The number of hydrogen-bond acceptors (Lipinski definition) is 2. The second kappa shape index (κ2) is 7.31. The van der Waals surface area contributed by atoms with Crippen LogP contribution < -0.4 is 5.32 Å². The lowest BCUT2D eigenvalue weighted by atomic mass is 10.2. The smallest absolute Gasteiger partial charge is 0.317 e. The summed E-state index contributed by atoms with van der Waals surface area (Å²) in [5.41, 5.74) is 1.16. The van der Waals surface area contributed by atoms with Crippen LogP contribution in [0.2, 0.25) is 0 Å². The van der Waals surface area contributed by atoms with Crippen LogP contribution in [-0.4, -0.2) is 30.3 Å². The van der Waals surface area contributed by atoms with Crippen molar-refractivity contribution in [3.63, 3.8) is 0 Å². The van der Waals surface area contributed by atoms with Crippen LogP contribution >= 0.6 is 11.8 Å². The van der Waals surface area contributed by atoms with Crippen LogP contribution in [0, 0.1) is 0 Å². The molecular formula is C14H22N2OS. The Bertz CT molecular complexity index is 395. The second-order valence-corrected chi connectivity index (χ2v) is 5.35. The summed E-state index contributed by atoms with van der Waals surface area (Å²) >= 11 is 1.71. The number of carbonyl (C=O) groups is 1. The lowest BCUT2D eigenvalue weighted by Crippen LogP contribution is -2.41. The van der Waals surface area contributed by atoms with E-state index in [-0.39, 0.29) is 12.1 Å². The number of thioether (sulfide) groups is 1. The first-order valence-corrected chi connectivity index (χ1v) is 7.43. The van der Waals surface area contributed by atoms with Crippen molar-refractivity contribution >= 4 is 17.8 Å². The maximum absolute atomic E-state index is 11.9. The molecule has 18 heavy (non-hydrogen) atoms. The lowest BCUT2D eigenvalue weighted by molar-refractivity contribution is 0.203. The molecular weight excluding hydrogens is 244 g/mol. The Morgan fingerprint density at radius 1 is 1.50 bits per heavy atom. The Hall–Kier alpha value is -1.16. The summed E-state index contributed by atoms with van der Waals surface area (Å²) in [6.07, 6.45) is 3.00. The molecule has 3 nitrogen and oxygen atoms in total. The van der Waals surface area contributed by atoms with Gasteiger partial charge in [0.1, 0.15) is 0 Å². The molecule has 0 aliphatic heterocycles. The van der Waals surface area contributed by atoms with E-state index in [1.807, 2.05) is 26.1 Å². The highest BCUT2D eigenvalue weighted by Gasteiger charge is 2.11. The molecule has 0 bridgehead atoms. The van der Waals surface area contributed by atoms with Crippen molar-refractivity contribution < 1.29 is 4.79 Å². The molecule has 1 aromatic carbocycles. The first-order chi connectivity index (χ1) is 8.56. The molecule has 0 aliphatic rings. The van der Waals surface area contributed by atoms with E-state index in [1.165, 1.54) is 4.90 Å². The van der Waals surface area contributed by atoms with E-state index in [0.29, 0.717) is 6.54 Å². The fraction of sp³-hybridized carbons (Fsp3) is 0.500. The van der Waals surface area contributed by atoms with Gasteiger partial charge in [-0.3, -0.25) is 0 Å². The average Bonchev–Trinajstić information content (AvgIpc) is 2.38. The maximum Gasteiger partial charge on any atom is 0.317 e. The summed E-state index contributed by atoms with van der Waals surface area (Å²) in [6, 6.07) is 8.48. The average molecular weight is 266 g/mol. The highest BCUT2D eigenvalue weighted by atomic mass is 32.2. The van der Waals surface area contributed by atoms with E-state index in [0.717, 1.165) is 12.0 Å². The highest BCUT2D eigenvalue weighted by molar-refractivity contribution is 7.98. The van der Waals surface area contributed by atoms with Gasteiger partial charge in [0.25, 0.3) is 0 Å². The molecule has 1 atom stereocenters. The van der Waals surface area contributed by atoms with E-state index in [2.05, 4.69) is 30.6 Å². The predicted molar refractivity (Wildman–Crippen MR) is 78.0 cm³/mol. The van der Waals surface area contributed by atoms with Crippen LogP contribution in [0.1, 0.15) is 25.8 Å². The molecule has 0 aliphatic carbocycles. The van der Waals surface area contributed by atoms with Crippen molar-refractivity contribution in [2.45, 2.75) is 37.8 Å². The Kier molecular flexibility index (Phi) is 6.05. The summed E-state index contributed by atoms with van der Waals surface area (Å²) in [7, 11) is 1.82. The van der Waals surface area contributed by atoms with Crippen LogP contribution in [0.3, 0.4) is 0 Å². The SMILES string of the molecule is CCC(C)NC(=O)N(C)Cc1cccc(SC)c1. The zero-order chi connectivity index (χ0) is 13.5. The normalized spacial score (nSPS) is 12.0. The van der Waals surface area contributed by atoms with Gasteiger partial charge in [0.15, 0.2) is 0 Å². The molecule has 2 amide bonds. The summed E-state index contributed by atoms with van der Waals surface area (Å²) in [5.74, 6) is 0. The minimum atomic E-state index is -0.0149. The molecule has 0 radical (unpaired) electrons. The molecule has 0 heterocycles. The van der Waals surface area contributed by atoms with Gasteiger partial charge in [0.2, 0.25) is 0 Å². The van der Waals surface area contributed by atoms with Crippen molar-refractivity contribution in [3.05, 3.63) is 29.8 Å². The van der Waals surface area contributed by atoms with Crippen LogP contribution in [0.15, 0.2) is 29.2 Å². The third-order valence-electron chi connectivity index (χ3n) is 2.88. The van der Waals surface area contributed by atoms with E-state index < -0.39 is 0 Å². The molecule has 100 valence electrons. The van der Waals surface area contributed by atoms with Crippen molar-refractivity contribution in [2.75, 3.05) is 13.3 Å². The van der Waals surface area contributed by atoms with Gasteiger partial charge in [-0.15, -0.1) is 11.8 Å². The number of hydrogen-bond donors (Lipinski definition) is 1. The van der Waals surface area contributed by atoms with Gasteiger partial charge in [0, 0.05) is 24.5 Å². The number of urea groups is 1. The predicted octanol–water partition coefficient (Wildman–Crippen LogP) is 3.35. The number of nitrogens with zero attached hydrogens (tertiary/aromatic N) is 1. The number of rotatable bonds is 5. The topological polar surface area (TPSA) is 32.3 Å². The molecule has 0 saturated carbocycles. The molecule has 4 heteroatoms. The minimum Gasteiger partial charge on any atom is -0.336 e. The van der Waals surface area contributed by atoms with Gasteiger partial charge in [-0.25, -0.2) is 4.79 Å². The van der Waals surface area contributed by atoms with Gasteiger partial charge >= 0.3 is 6.03 Å². The molecule has 0 fully saturated rings. The minimum absolute atomic E-state index is 0.0149. The van der Waals surface area contributed by atoms with Gasteiger partial charge in [-0.2, -0.15) is 0 Å². The van der Waals surface area contributed by atoms with Crippen LogP contribution in [0.5, 0.6) is 0 Å². The first-order valence-electron chi connectivity index (χ1n) is 6.21. The Morgan fingerprint density at radius 2 is 2.22 bits per heavy atom. The van der Waals surface area contributed by atoms with Crippen molar-refractivity contribution in [3.8, 4) is 0 Å². The number of benzene rings is 1. The maximum atomic E-state index is 11.9. The summed E-state index contributed by atoms with van der Waals surface area (Å²) in [4.78, 5) is 14.8. The van der Waals surface area contributed by atoms with Crippen molar-refractivity contribution in [2.24, 2.45) is 0 Å². The van der Waals surface area contributed by atoms with Gasteiger partial charge in [0.05, 0.1) is 0 Å². The van der Waals surface area contributed by atoms with E-state index in [1.54, 1.807) is 16.7 Å². The summed E-state index contributed by atoms with van der Waals surface area (Å²) < 4.78 is 0. The molecule has 1 unspecified atom stereocenters. The standard InChI is InChI=1S/C14H22N2OS/c1-5-11(2)15-14(17)16(3)10-12-7-6-8-13(9-12)18-4/h6-9,11H,5,10H2,1-4H3,(H,15,17). The fourth-order valence-electron chi connectivity index (χ4n) is 1.54. The van der Waals surface area contributed by atoms with Gasteiger partial charge in [-0.05, 0) is 37.3 Å². The number of nitrogens with one attached hydrogen (secondary N) is 1. The van der Waals surface area contributed by atoms with E-state index in [4.69, 9.17) is 0 Å². The monoisotopic (exact) mass is 266 g/mol. The van der Waals surface area contributed by atoms with Crippen molar-refractivity contribution in [1.82, 2.24) is 10.2 Å². The third kappa shape index (κ3) is 4.61. The van der Waals surface area contributed by atoms with E-state index >= 15 is 0 Å². The van der Waals surface area contributed by atoms with Crippen LogP contribution in [0.4, 0.5) is 4.79 Å².